The van der Waals surface area contributed by atoms with E-state index in [-0.39, 0.29) is 31.1 Å². The molecule has 0 saturated carbocycles. The second kappa shape index (κ2) is 13.6. The summed E-state index contributed by atoms with van der Waals surface area (Å²) in [5.41, 5.74) is -18.0. The Bertz CT molecular complexity index is 1460. The number of hydrogen-bond acceptors (Lipinski definition) is 10. The van der Waals surface area contributed by atoms with E-state index in [0.29, 0.717) is 24.3 Å². The Labute approximate surface area is 244 Å². The van der Waals surface area contributed by atoms with Crippen LogP contribution in [0.1, 0.15) is 17.5 Å². The molecule has 45 heavy (non-hydrogen) atoms. The van der Waals surface area contributed by atoms with Gasteiger partial charge >= 0.3 is 43.6 Å². The van der Waals surface area contributed by atoms with Crippen molar-refractivity contribution in [1.82, 2.24) is 0 Å². The summed E-state index contributed by atoms with van der Waals surface area (Å²) in [6.45, 7) is -0.332. The van der Waals surface area contributed by atoms with Gasteiger partial charge < -0.3 is 9.47 Å². The molecule has 2 aromatic rings. The van der Waals surface area contributed by atoms with Crippen molar-refractivity contribution in [2.75, 3.05) is 13.2 Å². The van der Waals surface area contributed by atoms with Crippen LogP contribution < -0.4 is 9.47 Å². The molecule has 0 aliphatic rings. The standard InChI is InChI=1S/C21H14F12N2O8S2/c22-18(23,24)16(34-42-44(36,37)20(28,29)30)12-2-6-14(7-3-12)40-10-1-11-41-15-8-4-13(5-9-15)17(19(25,26)27)35-43-45(38,39)21(31,32)33/h2-9H,1,10-11H2/b34-16-,35-17?. The maximum absolute atomic E-state index is 13.2. The maximum Gasteiger partial charge on any atom is 0.536 e. The highest BCUT2D eigenvalue weighted by atomic mass is 32.2. The Balaban J connectivity index is 1.98. The molecule has 2 aromatic carbocycles. The van der Waals surface area contributed by atoms with Crippen LogP contribution in [0.3, 0.4) is 0 Å². The van der Waals surface area contributed by atoms with Gasteiger partial charge in [-0.1, -0.05) is 10.3 Å². The highest BCUT2D eigenvalue weighted by Crippen LogP contribution is 2.30. The molecule has 24 heteroatoms. The van der Waals surface area contributed by atoms with Gasteiger partial charge in [0.2, 0.25) is 0 Å². The highest BCUT2D eigenvalue weighted by Gasteiger charge is 2.51. The van der Waals surface area contributed by atoms with E-state index in [1.807, 2.05) is 0 Å². The Hall–Kier alpha value is -3.96. The summed E-state index contributed by atoms with van der Waals surface area (Å²) < 4.78 is 213. The van der Waals surface area contributed by atoms with Gasteiger partial charge in [-0.2, -0.15) is 69.5 Å². The third-order valence-corrected chi connectivity index (χ3v) is 6.31. The number of nitrogens with zero attached hydrogens (tertiary/aromatic N) is 2. The number of benzene rings is 2. The van der Waals surface area contributed by atoms with Crippen molar-refractivity contribution < 1.29 is 87.6 Å². The van der Waals surface area contributed by atoms with E-state index >= 15 is 0 Å². The van der Waals surface area contributed by atoms with Crippen molar-refractivity contribution in [3.05, 3.63) is 59.7 Å². The summed E-state index contributed by atoms with van der Waals surface area (Å²) in [4.78, 5) is 0. The number of ether oxygens (including phenoxy) is 2. The van der Waals surface area contributed by atoms with Crippen LogP contribution in [0.15, 0.2) is 58.8 Å². The number of hydrogen-bond donors (Lipinski definition) is 0. The van der Waals surface area contributed by atoms with Gasteiger partial charge in [0.25, 0.3) is 0 Å². The van der Waals surface area contributed by atoms with Gasteiger partial charge in [-0.25, -0.2) is 0 Å². The molecule has 0 saturated heterocycles. The lowest BCUT2D eigenvalue weighted by Gasteiger charge is -2.13. The van der Waals surface area contributed by atoms with Crippen molar-refractivity contribution in [1.29, 1.82) is 0 Å². The van der Waals surface area contributed by atoms with Crippen molar-refractivity contribution in [3.63, 3.8) is 0 Å². The largest absolute Gasteiger partial charge is 0.536 e. The van der Waals surface area contributed by atoms with Gasteiger partial charge in [0.15, 0.2) is 11.4 Å². The molecule has 0 radical (unpaired) electrons. The average molecular weight is 714 g/mol. The van der Waals surface area contributed by atoms with Crippen molar-refractivity contribution in [2.24, 2.45) is 10.3 Å². The predicted molar refractivity (Wildman–Crippen MR) is 126 cm³/mol. The van der Waals surface area contributed by atoms with Crippen LogP contribution >= 0.6 is 0 Å². The van der Waals surface area contributed by atoms with Gasteiger partial charge in [-0.3, -0.25) is 8.57 Å². The summed E-state index contributed by atoms with van der Waals surface area (Å²) in [6, 6.07) is 6.46. The zero-order valence-electron chi connectivity index (χ0n) is 21.3. The molecule has 10 nitrogen and oxygen atoms in total. The first-order valence-electron chi connectivity index (χ1n) is 11.1. The lowest BCUT2D eigenvalue weighted by atomic mass is 10.1. The van der Waals surface area contributed by atoms with E-state index < -0.39 is 66.2 Å². The van der Waals surface area contributed by atoms with E-state index in [1.54, 1.807) is 0 Å². The van der Waals surface area contributed by atoms with E-state index in [0.717, 1.165) is 24.3 Å². The molecule has 0 spiro atoms. The molecule has 0 bridgehead atoms. The lowest BCUT2D eigenvalue weighted by Crippen LogP contribution is -2.28. The van der Waals surface area contributed by atoms with Crippen LogP contribution in [0.4, 0.5) is 52.7 Å². The van der Waals surface area contributed by atoms with E-state index in [9.17, 15) is 69.5 Å². The zero-order chi connectivity index (χ0) is 34.5. The minimum Gasteiger partial charge on any atom is -0.493 e. The molecule has 0 unspecified atom stereocenters. The number of halogens is 12. The first kappa shape index (κ1) is 37.2. The first-order chi connectivity index (χ1) is 20.4. The van der Waals surface area contributed by atoms with E-state index in [4.69, 9.17) is 9.47 Å². The molecule has 252 valence electrons. The summed E-state index contributed by atoms with van der Waals surface area (Å²) in [5.74, 6) is -0.135. The number of oxime groups is 2. The minimum absolute atomic E-state index is 0.0559. The molecule has 0 N–H and O–H groups in total. The molecule has 0 aliphatic heterocycles. The number of rotatable bonds is 12. The smallest absolute Gasteiger partial charge is 0.493 e. The summed E-state index contributed by atoms with van der Waals surface area (Å²) in [5, 5.41) is 4.19. The Morgan fingerprint density at radius 3 is 1.07 bits per heavy atom. The fourth-order valence-electron chi connectivity index (χ4n) is 2.65. The monoisotopic (exact) mass is 714 g/mol. The van der Waals surface area contributed by atoms with Crippen LogP contribution in [0, 0.1) is 0 Å². The molecule has 0 atom stereocenters. The summed E-state index contributed by atoms with van der Waals surface area (Å²) >= 11 is 0. The molecular formula is C21H14F12N2O8S2. The van der Waals surface area contributed by atoms with Crippen molar-refractivity contribution >= 4 is 31.7 Å². The average Bonchev–Trinajstić information content (AvgIpc) is 2.87. The SMILES string of the molecule is O=S(=O)(ON=C(c1ccc(OCCCOc2ccc(/C(=N/OS(=O)(=O)C(F)(F)F)C(F)(F)F)cc2)cc1)C(F)(F)F)C(F)(F)F. The van der Waals surface area contributed by atoms with Gasteiger partial charge in [0.1, 0.15) is 11.5 Å². The molecule has 0 aromatic heterocycles. The number of alkyl halides is 12. The fraction of sp³-hybridized carbons (Fsp3) is 0.333. The van der Waals surface area contributed by atoms with Crippen molar-refractivity contribution in [3.8, 4) is 11.5 Å². The third-order valence-electron chi connectivity index (χ3n) is 4.64. The van der Waals surface area contributed by atoms with Crippen LogP contribution in [0.2, 0.25) is 0 Å². The van der Waals surface area contributed by atoms with Gasteiger partial charge in [-0.05, 0) is 48.5 Å². The molecule has 0 aliphatic carbocycles. The highest BCUT2D eigenvalue weighted by molar-refractivity contribution is 7.87. The summed E-state index contributed by atoms with van der Waals surface area (Å²) in [7, 11) is -12.9. The fourth-order valence-corrected chi connectivity index (χ4v) is 3.16. The Morgan fingerprint density at radius 1 is 0.533 bits per heavy atom. The molecule has 0 heterocycles. The van der Waals surface area contributed by atoms with Gasteiger partial charge in [0.05, 0.1) is 13.2 Å². The quantitative estimate of drug-likeness (QED) is 0.0888. The Morgan fingerprint density at radius 2 is 0.822 bits per heavy atom. The van der Waals surface area contributed by atoms with Gasteiger partial charge in [-0.15, -0.1) is 0 Å². The minimum atomic E-state index is -6.46. The van der Waals surface area contributed by atoms with E-state index in [2.05, 4.69) is 18.9 Å². The lowest BCUT2D eigenvalue weighted by molar-refractivity contribution is -0.0636. The Kier molecular flexibility index (Phi) is 11.2. The zero-order valence-corrected chi connectivity index (χ0v) is 22.9. The normalized spacial score (nSPS) is 14.2. The second-order valence-corrected chi connectivity index (χ2v) is 11.0. The molecule has 0 amide bonds. The van der Waals surface area contributed by atoms with Crippen LogP contribution in [0.5, 0.6) is 11.5 Å². The van der Waals surface area contributed by atoms with Crippen LogP contribution in [-0.2, 0) is 28.8 Å². The third kappa shape index (κ3) is 10.6. The maximum atomic E-state index is 13.2. The molecular weight excluding hydrogens is 700 g/mol. The second-order valence-electron chi connectivity index (χ2n) is 7.92. The molecule has 0 fully saturated rings. The van der Waals surface area contributed by atoms with Crippen LogP contribution in [0.25, 0.3) is 0 Å². The van der Waals surface area contributed by atoms with Crippen LogP contribution in [-0.4, -0.2) is 64.8 Å². The summed E-state index contributed by atoms with van der Waals surface area (Å²) in [6.07, 6.45) is -10.8. The molecule has 2 rings (SSSR count). The topological polar surface area (TPSA) is 130 Å². The van der Waals surface area contributed by atoms with Gasteiger partial charge in [0, 0.05) is 17.5 Å². The predicted octanol–water partition coefficient (Wildman–Crippen LogP) is 5.80. The van der Waals surface area contributed by atoms with E-state index in [1.165, 1.54) is 0 Å². The first-order valence-corrected chi connectivity index (χ1v) is 13.9. The van der Waals surface area contributed by atoms with Crippen molar-refractivity contribution in [2.45, 2.75) is 29.8 Å².